The topological polar surface area (TPSA) is 101 Å². The van der Waals surface area contributed by atoms with E-state index in [-0.39, 0.29) is 61.0 Å². The van der Waals surface area contributed by atoms with E-state index in [1.54, 1.807) is 0 Å². The van der Waals surface area contributed by atoms with Crippen molar-refractivity contribution in [3.63, 3.8) is 0 Å². The number of nitrogens with two attached hydrogens (primary N) is 1. The highest BCUT2D eigenvalue weighted by Gasteiger charge is 2.36. The largest absolute Gasteiger partial charge is 0.459 e. The van der Waals surface area contributed by atoms with Gasteiger partial charge in [0.05, 0.1) is 33.3 Å². The van der Waals surface area contributed by atoms with Crippen LogP contribution in [0.4, 0.5) is 19.6 Å². The van der Waals surface area contributed by atoms with Crippen LogP contribution in [0.15, 0.2) is 12.1 Å². The Bertz CT molecular complexity index is 1790. The number of halogens is 3. The van der Waals surface area contributed by atoms with Gasteiger partial charge in [0.1, 0.15) is 34.3 Å². The zero-order valence-electron chi connectivity index (χ0n) is 23.2. The summed E-state index contributed by atoms with van der Waals surface area (Å²) in [6.45, 7) is 4.78. The van der Waals surface area contributed by atoms with Crippen molar-refractivity contribution in [2.45, 2.75) is 50.8 Å². The molecule has 5 heterocycles. The van der Waals surface area contributed by atoms with Gasteiger partial charge in [-0.2, -0.15) is 15.2 Å². The fourth-order valence-electron chi connectivity index (χ4n) is 6.82. The SMILES string of the molecule is C[C@H](Oc1nc2c3c(c(Cl)c(-c4ccc(F)c5sc(N)c(C#N)c45)c(F)c3n1)CCN2C1CCOC1)[C@@H]1CCCN1C. The summed E-state index contributed by atoms with van der Waals surface area (Å²) in [6, 6.07) is 5.15. The third-order valence-electron chi connectivity index (χ3n) is 8.91. The average Bonchev–Trinajstić information content (AvgIpc) is 3.73. The molecule has 4 aromatic rings. The van der Waals surface area contributed by atoms with Crippen LogP contribution in [0.2, 0.25) is 5.02 Å². The van der Waals surface area contributed by atoms with Crippen LogP contribution in [0.25, 0.3) is 32.1 Å². The number of nitrogens with zero attached hydrogens (tertiary/aromatic N) is 5. The number of hydrogen-bond donors (Lipinski definition) is 1. The van der Waals surface area contributed by atoms with Gasteiger partial charge in [-0.3, -0.25) is 4.90 Å². The van der Waals surface area contributed by atoms with Crippen LogP contribution in [0.1, 0.15) is 37.3 Å². The van der Waals surface area contributed by atoms with E-state index in [0.717, 1.165) is 37.1 Å². The van der Waals surface area contributed by atoms with Crippen LogP contribution in [-0.4, -0.2) is 66.4 Å². The number of ether oxygens (including phenoxy) is 2. The first-order valence-corrected chi connectivity index (χ1v) is 15.3. The molecule has 0 radical (unpaired) electrons. The minimum Gasteiger partial charge on any atom is -0.459 e. The number of thiophene rings is 1. The maximum absolute atomic E-state index is 16.9. The molecule has 3 aliphatic heterocycles. The molecule has 42 heavy (non-hydrogen) atoms. The number of benzene rings is 2. The van der Waals surface area contributed by atoms with Crippen LogP contribution in [0, 0.1) is 23.0 Å². The van der Waals surface area contributed by atoms with Crippen molar-refractivity contribution in [1.29, 1.82) is 5.26 Å². The van der Waals surface area contributed by atoms with Crippen molar-refractivity contribution in [1.82, 2.24) is 14.9 Å². The zero-order chi connectivity index (χ0) is 29.3. The van der Waals surface area contributed by atoms with Crippen molar-refractivity contribution in [2.75, 3.05) is 44.0 Å². The van der Waals surface area contributed by atoms with Gasteiger partial charge in [-0.15, -0.1) is 11.3 Å². The predicted molar refractivity (Wildman–Crippen MR) is 160 cm³/mol. The molecule has 3 atom stereocenters. The molecule has 7 rings (SSSR count). The maximum Gasteiger partial charge on any atom is 0.319 e. The first-order valence-electron chi connectivity index (χ1n) is 14.1. The Kier molecular flexibility index (Phi) is 6.85. The lowest BCUT2D eigenvalue weighted by Gasteiger charge is -2.35. The predicted octanol–water partition coefficient (Wildman–Crippen LogP) is 5.91. The highest BCUT2D eigenvalue weighted by Crippen LogP contribution is 2.49. The second-order valence-corrected chi connectivity index (χ2v) is 12.7. The van der Waals surface area contributed by atoms with Crippen molar-refractivity contribution >= 4 is 54.7 Å². The van der Waals surface area contributed by atoms with Crippen LogP contribution in [0.5, 0.6) is 6.01 Å². The first kappa shape index (κ1) is 27.5. The van der Waals surface area contributed by atoms with Gasteiger partial charge in [-0.25, -0.2) is 8.78 Å². The number of likely N-dealkylation sites (N-methyl/N-ethyl adjacent to an activating group) is 1. The van der Waals surface area contributed by atoms with E-state index in [1.165, 1.54) is 12.1 Å². The standard InChI is InChI=1S/C30H29ClF2N6O2S/c1-14(20-4-3-9-38(20)2)41-30-36-26-23-17(7-10-39(29(23)37-30)15-8-11-40-13-15)24(31)22(25(26)33)16-5-6-19(32)27-21(16)18(12-34)28(35)42-27/h5-6,14-15,20H,3-4,7-11,13,35H2,1-2H3/t14-,15?,20-/m0/s1. The monoisotopic (exact) mass is 610 g/mol. The van der Waals surface area contributed by atoms with Gasteiger partial charge in [-0.05, 0) is 63.4 Å². The number of fused-ring (bicyclic) bond motifs is 1. The van der Waals surface area contributed by atoms with Gasteiger partial charge in [0.2, 0.25) is 0 Å². The number of rotatable bonds is 5. The Morgan fingerprint density at radius 3 is 2.79 bits per heavy atom. The normalized spacial score (nSPS) is 21.4. The Morgan fingerprint density at radius 1 is 1.24 bits per heavy atom. The molecular formula is C30H29ClF2N6O2S. The Morgan fingerprint density at radius 2 is 2.07 bits per heavy atom. The highest BCUT2D eigenvalue weighted by molar-refractivity contribution is 7.23. The van der Waals surface area contributed by atoms with E-state index in [1.807, 2.05) is 6.92 Å². The van der Waals surface area contributed by atoms with Crippen molar-refractivity contribution in [2.24, 2.45) is 0 Å². The van der Waals surface area contributed by atoms with Crippen LogP contribution >= 0.6 is 22.9 Å². The van der Waals surface area contributed by atoms with E-state index >= 15 is 4.39 Å². The molecule has 0 bridgehead atoms. The zero-order valence-corrected chi connectivity index (χ0v) is 24.8. The van der Waals surface area contributed by atoms with E-state index in [2.05, 4.69) is 27.9 Å². The van der Waals surface area contributed by atoms with Crippen molar-refractivity contribution < 1.29 is 18.3 Å². The van der Waals surface area contributed by atoms with E-state index in [0.29, 0.717) is 48.5 Å². The second-order valence-electron chi connectivity index (χ2n) is 11.3. The smallest absolute Gasteiger partial charge is 0.319 e. The second kappa shape index (κ2) is 10.5. The summed E-state index contributed by atoms with van der Waals surface area (Å²) in [4.78, 5) is 13.9. The first-order chi connectivity index (χ1) is 20.3. The Labute approximate surface area is 250 Å². The fourth-order valence-corrected chi connectivity index (χ4v) is 8.14. The number of nitriles is 1. The quantitative estimate of drug-likeness (QED) is 0.298. The van der Waals surface area contributed by atoms with Crippen molar-refractivity contribution in [3.8, 4) is 23.2 Å². The number of hydrogen-bond acceptors (Lipinski definition) is 9. The van der Waals surface area contributed by atoms with Crippen LogP contribution < -0.4 is 15.4 Å². The summed E-state index contributed by atoms with van der Waals surface area (Å²) in [5, 5.41) is 11.0. The summed E-state index contributed by atoms with van der Waals surface area (Å²) in [5.74, 6) is -0.636. The van der Waals surface area contributed by atoms with Gasteiger partial charge in [0.15, 0.2) is 5.82 Å². The third kappa shape index (κ3) is 4.19. The van der Waals surface area contributed by atoms with Crippen molar-refractivity contribution in [3.05, 3.63) is 39.9 Å². The summed E-state index contributed by atoms with van der Waals surface area (Å²) < 4.78 is 43.9. The third-order valence-corrected chi connectivity index (χ3v) is 10.4. The van der Waals surface area contributed by atoms with E-state index < -0.39 is 11.6 Å². The molecule has 1 unspecified atom stereocenters. The summed E-state index contributed by atoms with van der Waals surface area (Å²) in [5.41, 5.74) is 7.34. The Balaban J connectivity index is 1.47. The summed E-state index contributed by atoms with van der Waals surface area (Å²) >= 11 is 7.99. The summed E-state index contributed by atoms with van der Waals surface area (Å²) in [7, 11) is 2.07. The molecule has 8 nitrogen and oxygen atoms in total. The lowest BCUT2D eigenvalue weighted by molar-refractivity contribution is 0.112. The van der Waals surface area contributed by atoms with Gasteiger partial charge in [0, 0.05) is 30.1 Å². The van der Waals surface area contributed by atoms with Gasteiger partial charge < -0.3 is 20.1 Å². The number of anilines is 2. The number of aromatic nitrogens is 2. The Hall–Kier alpha value is -3.30. The van der Waals surface area contributed by atoms with Crippen LogP contribution in [-0.2, 0) is 11.2 Å². The van der Waals surface area contributed by atoms with Gasteiger partial charge in [-0.1, -0.05) is 17.7 Å². The minimum absolute atomic E-state index is 0.0651. The molecule has 3 aliphatic rings. The molecule has 2 saturated heterocycles. The molecule has 2 aromatic carbocycles. The molecule has 0 saturated carbocycles. The van der Waals surface area contributed by atoms with Gasteiger partial charge >= 0.3 is 6.01 Å². The molecule has 2 aromatic heterocycles. The summed E-state index contributed by atoms with van der Waals surface area (Å²) in [6.07, 6.45) is 3.22. The lowest BCUT2D eigenvalue weighted by atomic mass is 9.91. The highest BCUT2D eigenvalue weighted by atomic mass is 35.5. The molecular weight excluding hydrogens is 582 g/mol. The number of likely N-dealkylation sites (tertiary alicyclic amines) is 1. The molecule has 0 amide bonds. The van der Waals surface area contributed by atoms with Crippen LogP contribution in [0.3, 0.4) is 0 Å². The lowest BCUT2D eigenvalue weighted by Crippen LogP contribution is -2.41. The number of nitrogen functional groups attached to an aromatic ring is 1. The van der Waals surface area contributed by atoms with E-state index in [9.17, 15) is 9.65 Å². The molecule has 218 valence electrons. The minimum atomic E-state index is -0.677. The average molecular weight is 611 g/mol. The molecule has 2 fully saturated rings. The van der Waals surface area contributed by atoms with E-state index in [4.69, 9.17) is 31.8 Å². The maximum atomic E-state index is 16.9. The molecule has 0 spiro atoms. The molecule has 2 N–H and O–H groups in total. The van der Waals surface area contributed by atoms with Gasteiger partial charge in [0.25, 0.3) is 0 Å². The fraction of sp³-hybridized carbons (Fsp3) is 0.433. The molecule has 0 aliphatic carbocycles. The molecule has 12 heteroatoms.